The van der Waals surface area contributed by atoms with Crippen molar-refractivity contribution in [2.45, 2.75) is 38.8 Å². The second-order valence-electron chi connectivity index (χ2n) is 7.28. The molecule has 0 spiro atoms. The standard InChI is InChI=1S/C24H27FN2O5/c1-4-5-12-18-20(23(28)31-3)21(27-24(29)26-18)16-10-8-13-19(30-2)22(16)32-14-15-9-6-7-11-17(15)25/h6-11,13,21H,4-5,12,14H2,1-3H3,(H2,26,27,29). The van der Waals surface area contributed by atoms with E-state index in [1.165, 1.54) is 20.3 Å². The Morgan fingerprint density at radius 1 is 1.12 bits per heavy atom. The number of hydrogen-bond donors (Lipinski definition) is 2. The van der Waals surface area contributed by atoms with Crippen LogP contribution in [-0.4, -0.2) is 26.2 Å². The topological polar surface area (TPSA) is 85.9 Å². The minimum atomic E-state index is -0.825. The molecule has 0 aliphatic carbocycles. The quantitative estimate of drug-likeness (QED) is 0.563. The highest BCUT2D eigenvalue weighted by Gasteiger charge is 2.35. The average Bonchev–Trinajstić information content (AvgIpc) is 2.81. The minimum Gasteiger partial charge on any atom is -0.493 e. The summed E-state index contributed by atoms with van der Waals surface area (Å²) < 4.78 is 30.6. The number of urea groups is 1. The number of carbonyl (C=O) groups excluding carboxylic acids is 2. The Bertz CT molecular complexity index is 1020. The zero-order valence-corrected chi connectivity index (χ0v) is 18.4. The number of halogens is 1. The molecule has 3 rings (SSSR count). The van der Waals surface area contributed by atoms with Crippen LogP contribution in [0.1, 0.15) is 43.4 Å². The number of benzene rings is 2. The van der Waals surface area contributed by atoms with E-state index >= 15 is 0 Å². The number of amides is 2. The van der Waals surface area contributed by atoms with Crippen molar-refractivity contribution in [3.8, 4) is 11.5 Å². The molecule has 2 aromatic carbocycles. The molecule has 0 aromatic heterocycles. The van der Waals surface area contributed by atoms with Crippen molar-refractivity contribution in [3.05, 3.63) is 70.7 Å². The van der Waals surface area contributed by atoms with Gasteiger partial charge in [-0.05, 0) is 25.0 Å². The number of hydrogen-bond acceptors (Lipinski definition) is 5. The fraction of sp³-hybridized carbons (Fsp3) is 0.333. The van der Waals surface area contributed by atoms with E-state index in [1.54, 1.807) is 36.4 Å². The van der Waals surface area contributed by atoms with E-state index < -0.39 is 23.9 Å². The molecule has 7 nitrogen and oxygen atoms in total. The fourth-order valence-electron chi connectivity index (χ4n) is 3.59. The van der Waals surface area contributed by atoms with Gasteiger partial charge >= 0.3 is 12.0 Å². The van der Waals surface area contributed by atoms with Crippen molar-refractivity contribution in [3.63, 3.8) is 0 Å². The fourth-order valence-corrected chi connectivity index (χ4v) is 3.59. The van der Waals surface area contributed by atoms with E-state index in [1.807, 2.05) is 6.92 Å². The monoisotopic (exact) mass is 442 g/mol. The number of methoxy groups -OCH3 is 2. The Kier molecular flexibility index (Phi) is 7.70. The van der Waals surface area contributed by atoms with Crippen LogP contribution in [0.5, 0.6) is 11.5 Å². The van der Waals surface area contributed by atoms with E-state index in [4.69, 9.17) is 14.2 Å². The van der Waals surface area contributed by atoms with Crippen LogP contribution in [-0.2, 0) is 16.1 Å². The summed E-state index contributed by atoms with van der Waals surface area (Å²) in [5.41, 5.74) is 1.68. The van der Waals surface area contributed by atoms with Crippen molar-refractivity contribution in [1.82, 2.24) is 10.6 Å². The van der Waals surface area contributed by atoms with Gasteiger partial charge in [-0.15, -0.1) is 0 Å². The second-order valence-corrected chi connectivity index (χ2v) is 7.28. The number of para-hydroxylation sites is 1. The van der Waals surface area contributed by atoms with Crippen LogP contribution in [0.15, 0.2) is 53.7 Å². The molecule has 0 saturated carbocycles. The minimum absolute atomic E-state index is 0.0566. The number of rotatable bonds is 9. The van der Waals surface area contributed by atoms with Crippen LogP contribution in [0.3, 0.4) is 0 Å². The molecule has 8 heteroatoms. The van der Waals surface area contributed by atoms with Crippen LogP contribution in [0, 0.1) is 5.82 Å². The molecule has 1 atom stereocenters. The Morgan fingerprint density at radius 2 is 1.91 bits per heavy atom. The molecule has 2 amide bonds. The lowest BCUT2D eigenvalue weighted by Gasteiger charge is -2.30. The van der Waals surface area contributed by atoms with Gasteiger partial charge in [0.05, 0.1) is 25.8 Å². The number of esters is 1. The van der Waals surface area contributed by atoms with Crippen LogP contribution in [0.2, 0.25) is 0 Å². The molecule has 0 saturated heterocycles. The third-order valence-corrected chi connectivity index (χ3v) is 5.21. The number of unbranched alkanes of at least 4 members (excludes halogenated alkanes) is 1. The van der Waals surface area contributed by atoms with Gasteiger partial charge in [0.25, 0.3) is 0 Å². The number of ether oxygens (including phenoxy) is 3. The molecule has 1 heterocycles. The van der Waals surface area contributed by atoms with Crippen molar-refractivity contribution in [2.24, 2.45) is 0 Å². The van der Waals surface area contributed by atoms with Crippen LogP contribution in [0.4, 0.5) is 9.18 Å². The smallest absolute Gasteiger partial charge is 0.337 e. The Labute approximate surface area is 186 Å². The first-order valence-electron chi connectivity index (χ1n) is 10.4. The molecule has 170 valence electrons. The van der Waals surface area contributed by atoms with Crippen LogP contribution < -0.4 is 20.1 Å². The van der Waals surface area contributed by atoms with E-state index in [9.17, 15) is 14.0 Å². The van der Waals surface area contributed by atoms with Gasteiger partial charge in [-0.25, -0.2) is 14.0 Å². The van der Waals surface area contributed by atoms with Crippen molar-refractivity contribution in [2.75, 3.05) is 14.2 Å². The lowest BCUT2D eigenvalue weighted by Crippen LogP contribution is -2.46. The maximum atomic E-state index is 14.1. The van der Waals surface area contributed by atoms with Gasteiger partial charge in [-0.1, -0.05) is 43.7 Å². The molecule has 0 bridgehead atoms. The van der Waals surface area contributed by atoms with Crippen LogP contribution >= 0.6 is 0 Å². The zero-order valence-electron chi connectivity index (χ0n) is 18.4. The van der Waals surface area contributed by atoms with E-state index in [0.29, 0.717) is 40.3 Å². The van der Waals surface area contributed by atoms with Crippen molar-refractivity contribution < 1.29 is 28.2 Å². The van der Waals surface area contributed by atoms with E-state index in [-0.39, 0.29) is 6.61 Å². The normalized spacial score (nSPS) is 15.6. The summed E-state index contributed by atoms with van der Waals surface area (Å²) in [6.07, 6.45) is 2.19. The van der Waals surface area contributed by atoms with Crippen molar-refractivity contribution in [1.29, 1.82) is 0 Å². The summed E-state index contributed by atoms with van der Waals surface area (Å²) in [7, 11) is 2.78. The highest BCUT2D eigenvalue weighted by molar-refractivity contribution is 5.95. The molecular formula is C24H27FN2O5. The molecule has 2 aromatic rings. The maximum absolute atomic E-state index is 14.1. The Hall–Kier alpha value is -3.55. The molecule has 1 aliphatic rings. The first kappa shape index (κ1) is 23.1. The average molecular weight is 442 g/mol. The van der Waals surface area contributed by atoms with Crippen molar-refractivity contribution >= 4 is 12.0 Å². The van der Waals surface area contributed by atoms with Gasteiger partial charge < -0.3 is 24.8 Å². The number of carbonyl (C=O) groups is 2. The molecular weight excluding hydrogens is 415 g/mol. The largest absolute Gasteiger partial charge is 0.493 e. The highest BCUT2D eigenvalue weighted by Crippen LogP contribution is 2.40. The lowest BCUT2D eigenvalue weighted by atomic mass is 9.92. The predicted molar refractivity (Wildman–Crippen MR) is 117 cm³/mol. The van der Waals surface area contributed by atoms with Gasteiger partial charge in [-0.3, -0.25) is 0 Å². The highest BCUT2D eigenvalue weighted by atomic mass is 19.1. The van der Waals surface area contributed by atoms with Gasteiger partial charge in [-0.2, -0.15) is 0 Å². The third kappa shape index (κ3) is 5.01. The van der Waals surface area contributed by atoms with Crippen LogP contribution in [0.25, 0.3) is 0 Å². The number of nitrogens with one attached hydrogen (secondary N) is 2. The first-order valence-corrected chi connectivity index (χ1v) is 10.4. The molecule has 32 heavy (non-hydrogen) atoms. The second kappa shape index (κ2) is 10.7. The lowest BCUT2D eigenvalue weighted by molar-refractivity contribution is -0.136. The molecule has 0 fully saturated rings. The molecule has 1 unspecified atom stereocenters. The summed E-state index contributed by atoms with van der Waals surface area (Å²) in [6.45, 7) is 1.97. The summed E-state index contributed by atoms with van der Waals surface area (Å²) in [4.78, 5) is 25.2. The SMILES string of the molecule is CCCCC1=C(C(=O)OC)C(c2cccc(OC)c2OCc2ccccc2F)NC(=O)N1. The third-order valence-electron chi connectivity index (χ3n) is 5.21. The summed E-state index contributed by atoms with van der Waals surface area (Å²) in [6, 6.07) is 10.2. The number of allylic oxidation sites excluding steroid dienone is 1. The first-order chi connectivity index (χ1) is 15.5. The molecule has 0 radical (unpaired) electrons. The summed E-state index contributed by atoms with van der Waals surface area (Å²) in [5, 5.41) is 5.52. The Balaban J connectivity index is 2.06. The molecule has 1 aliphatic heterocycles. The van der Waals surface area contributed by atoms with E-state index in [0.717, 1.165) is 12.8 Å². The molecule has 2 N–H and O–H groups in total. The summed E-state index contributed by atoms with van der Waals surface area (Å²) in [5.74, 6) is -0.250. The van der Waals surface area contributed by atoms with Gasteiger partial charge in [0.1, 0.15) is 12.4 Å². The van der Waals surface area contributed by atoms with Gasteiger partial charge in [0, 0.05) is 16.8 Å². The van der Waals surface area contributed by atoms with Gasteiger partial charge in [0.15, 0.2) is 11.5 Å². The summed E-state index contributed by atoms with van der Waals surface area (Å²) >= 11 is 0. The van der Waals surface area contributed by atoms with Gasteiger partial charge in [0.2, 0.25) is 0 Å². The Morgan fingerprint density at radius 3 is 2.59 bits per heavy atom. The zero-order chi connectivity index (χ0) is 23.1. The maximum Gasteiger partial charge on any atom is 0.337 e. The van der Waals surface area contributed by atoms with E-state index in [2.05, 4.69) is 10.6 Å². The predicted octanol–water partition coefficient (Wildman–Crippen LogP) is 4.38.